The third kappa shape index (κ3) is 6.07. The van der Waals surface area contributed by atoms with Crippen LogP contribution in [0.5, 0.6) is 5.75 Å². The van der Waals surface area contributed by atoms with Gasteiger partial charge in [-0.2, -0.15) is 15.4 Å². The van der Waals surface area contributed by atoms with Crippen LogP contribution in [0, 0.1) is 6.92 Å². The topological polar surface area (TPSA) is 132 Å². The number of aromatic amines is 1. The fraction of sp³-hybridized carbons (Fsp3) is 0.308. The number of anilines is 1. The molecule has 0 aliphatic heterocycles. The van der Waals surface area contributed by atoms with Gasteiger partial charge in [0.15, 0.2) is 0 Å². The van der Waals surface area contributed by atoms with Crippen molar-refractivity contribution in [2.75, 3.05) is 11.3 Å². The Bertz CT molecular complexity index is 1680. The predicted octanol–water partition coefficient (Wildman–Crippen LogP) is 4.75. The van der Waals surface area contributed by atoms with Gasteiger partial charge in [0, 0.05) is 11.9 Å². The van der Waals surface area contributed by atoms with Gasteiger partial charge in [0.25, 0.3) is 10.0 Å². The molecule has 0 spiro atoms. The third-order valence-corrected chi connectivity index (χ3v) is 7.80. The average molecular weight is 569 g/mol. The van der Waals surface area contributed by atoms with Crippen molar-refractivity contribution in [2.45, 2.75) is 50.8 Å². The summed E-state index contributed by atoms with van der Waals surface area (Å²) < 4.78 is 38.0. The summed E-state index contributed by atoms with van der Waals surface area (Å²) in [7, 11) is -3.82. The van der Waals surface area contributed by atoms with E-state index in [2.05, 4.69) is 37.4 Å². The number of aromatic nitrogens is 7. The van der Waals surface area contributed by atoms with Crippen molar-refractivity contribution in [3.8, 4) is 11.4 Å². The molecule has 5 rings (SSSR count). The number of H-pyrrole nitrogens is 1. The number of nitrogens with one attached hydrogen (secondary N) is 2. The number of benzene rings is 2. The number of sulfonamides is 1. The maximum Gasteiger partial charge on any atom is 0.265 e. The van der Waals surface area contributed by atoms with Gasteiger partial charge < -0.3 is 4.74 Å². The van der Waals surface area contributed by atoms with E-state index in [1.807, 2.05) is 25.1 Å². The highest BCUT2D eigenvalue weighted by molar-refractivity contribution is 7.92. The number of unbranched alkanes of at least 4 members (excludes halogenated alkanes) is 1. The Hall–Kier alpha value is -3.90. The Morgan fingerprint density at radius 3 is 2.67 bits per heavy atom. The van der Waals surface area contributed by atoms with Crippen LogP contribution in [-0.2, 0) is 22.9 Å². The van der Waals surface area contributed by atoms with Crippen LogP contribution in [0.15, 0.2) is 59.8 Å². The summed E-state index contributed by atoms with van der Waals surface area (Å²) in [6.07, 6.45) is 7.34. The van der Waals surface area contributed by atoms with Gasteiger partial charge in [0.2, 0.25) is 5.65 Å². The van der Waals surface area contributed by atoms with E-state index in [0.717, 1.165) is 48.2 Å². The summed E-state index contributed by atoms with van der Waals surface area (Å²) in [4.78, 5) is 0.137. The fourth-order valence-corrected chi connectivity index (χ4v) is 5.65. The van der Waals surface area contributed by atoms with Crippen LogP contribution in [-0.4, -0.2) is 50.1 Å². The minimum Gasteiger partial charge on any atom is -0.492 e. The number of tetrazole rings is 1. The highest BCUT2D eigenvalue weighted by Gasteiger charge is 2.21. The minimum atomic E-state index is -3.82. The normalized spacial score (nSPS) is 11.8. The third-order valence-electron chi connectivity index (χ3n) is 6.20. The van der Waals surface area contributed by atoms with Crippen molar-refractivity contribution < 1.29 is 13.2 Å². The molecule has 0 fully saturated rings. The molecule has 39 heavy (non-hydrogen) atoms. The lowest BCUT2D eigenvalue weighted by Gasteiger charge is -2.14. The Kier molecular flexibility index (Phi) is 7.84. The number of ether oxygens (including phenoxy) is 1. The fourth-order valence-electron chi connectivity index (χ4n) is 4.22. The van der Waals surface area contributed by atoms with E-state index in [-0.39, 0.29) is 4.90 Å². The molecule has 0 aliphatic carbocycles. The van der Waals surface area contributed by atoms with Crippen LogP contribution >= 0.6 is 11.6 Å². The van der Waals surface area contributed by atoms with Gasteiger partial charge in [-0.15, -0.1) is 9.73 Å². The molecule has 0 radical (unpaired) electrons. The SMILES string of the molecule is CCCCOc1ccc(C)cc1S(=O)(=O)Nc1ccc(CCCc2nn3[nH]nnc3c2-n2cc(Cl)cn2)cc1. The monoisotopic (exact) mass is 568 g/mol. The first-order valence-electron chi connectivity index (χ1n) is 12.7. The van der Waals surface area contributed by atoms with E-state index in [9.17, 15) is 8.42 Å². The molecule has 2 aromatic carbocycles. The molecule has 0 saturated carbocycles. The number of rotatable bonds is 12. The maximum absolute atomic E-state index is 13.2. The summed E-state index contributed by atoms with van der Waals surface area (Å²) in [5.41, 5.74) is 4.51. The summed E-state index contributed by atoms with van der Waals surface area (Å²) in [6, 6.07) is 12.6. The summed E-state index contributed by atoms with van der Waals surface area (Å²) in [6.45, 7) is 4.38. The van der Waals surface area contributed by atoms with E-state index in [0.29, 0.717) is 35.1 Å². The lowest BCUT2D eigenvalue weighted by atomic mass is 10.1. The largest absolute Gasteiger partial charge is 0.492 e. The van der Waals surface area contributed by atoms with Crippen LogP contribution in [0.2, 0.25) is 5.02 Å². The number of hydrogen-bond donors (Lipinski definition) is 2. The Balaban J connectivity index is 1.24. The second kappa shape index (κ2) is 11.5. The number of nitrogens with zero attached hydrogens (tertiary/aromatic N) is 6. The lowest BCUT2D eigenvalue weighted by Crippen LogP contribution is -2.15. The first-order chi connectivity index (χ1) is 18.8. The van der Waals surface area contributed by atoms with Crippen molar-refractivity contribution in [1.29, 1.82) is 0 Å². The average Bonchev–Trinajstić information content (AvgIpc) is 3.62. The van der Waals surface area contributed by atoms with Gasteiger partial charge in [-0.1, -0.05) is 43.1 Å². The van der Waals surface area contributed by atoms with Crippen molar-refractivity contribution in [1.82, 2.24) is 35.0 Å². The molecule has 0 bridgehead atoms. The molecule has 3 heterocycles. The molecule has 11 nitrogen and oxygen atoms in total. The molecule has 13 heteroatoms. The van der Waals surface area contributed by atoms with E-state index in [1.165, 1.54) is 4.63 Å². The first kappa shape index (κ1) is 26.7. The zero-order chi connectivity index (χ0) is 27.4. The van der Waals surface area contributed by atoms with Gasteiger partial charge in [0.05, 0.1) is 23.5 Å². The van der Waals surface area contributed by atoms with Crippen molar-refractivity contribution >= 4 is 33.0 Å². The molecule has 5 aromatic rings. The van der Waals surface area contributed by atoms with Gasteiger partial charge in [-0.25, -0.2) is 13.1 Å². The second-order valence-electron chi connectivity index (χ2n) is 9.24. The number of halogens is 1. The summed E-state index contributed by atoms with van der Waals surface area (Å²) in [5.74, 6) is 0.358. The standard InChI is InChI=1S/C26H29ClN8O3S/c1-3-4-14-38-23-13-8-18(2)15-24(23)39(36,37)31-21-11-9-19(10-12-21)6-5-7-22-25(34-17-20(27)16-28-34)26-29-32-33-35(26)30-22/h8-13,15-17,31H,3-7,14H2,1-2H3,(H,29,33). The number of hydrogen-bond acceptors (Lipinski definition) is 7. The zero-order valence-corrected chi connectivity index (χ0v) is 23.2. The number of aryl methyl sites for hydroxylation is 3. The Labute approximate surface area is 231 Å². The van der Waals surface area contributed by atoms with Gasteiger partial charge >= 0.3 is 0 Å². The molecule has 0 saturated heterocycles. The maximum atomic E-state index is 13.2. The molecule has 0 atom stereocenters. The van der Waals surface area contributed by atoms with Gasteiger partial charge in [0.1, 0.15) is 16.3 Å². The zero-order valence-electron chi connectivity index (χ0n) is 21.6. The van der Waals surface area contributed by atoms with E-state index < -0.39 is 10.0 Å². The quantitative estimate of drug-likeness (QED) is 0.207. The van der Waals surface area contributed by atoms with Gasteiger partial charge in [-0.3, -0.25) is 4.72 Å². The molecular formula is C26H29ClN8O3S. The molecule has 3 aromatic heterocycles. The number of fused-ring (bicyclic) bond motifs is 1. The van der Waals surface area contributed by atoms with Crippen molar-refractivity contribution in [2.24, 2.45) is 0 Å². The van der Waals surface area contributed by atoms with E-state index >= 15 is 0 Å². The predicted molar refractivity (Wildman–Crippen MR) is 148 cm³/mol. The van der Waals surface area contributed by atoms with E-state index in [4.69, 9.17) is 16.3 Å². The molecule has 2 N–H and O–H groups in total. The molecule has 0 amide bonds. The summed E-state index contributed by atoms with van der Waals surface area (Å²) >= 11 is 6.06. The first-order valence-corrected chi connectivity index (χ1v) is 14.5. The Morgan fingerprint density at radius 2 is 1.92 bits per heavy atom. The lowest BCUT2D eigenvalue weighted by molar-refractivity contribution is 0.301. The highest BCUT2D eigenvalue weighted by atomic mass is 35.5. The smallest absolute Gasteiger partial charge is 0.265 e. The second-order valence-corrected chi connectivity index (χ2v) is 11.3. The highest BCUT2D eigenvalue weighted by Crippen LogP contribution is 2.28. The van der Waals surface area contributed by atoms with Crippen molar-refractivity contribution in [3.05, 3.63) is 76.7 Å². The molecule has 204 valence electrons. The minimum absolute atomic E-state index is 0.137. The van der Waals surface area contributed by atoms with Crippen LogP contribution in [0.3, 0.4) is 0 Å². The Morgan fingerprint density at radius 1 is 1.10 bits per heavy atom. The van der Waals surface area contributed by atoms with Crippen LogP contribution in [0.25, 0.3) is 11.3 Å². The van der Waals surface area contributed by atoms with Gasteiger partial charge in [-0.05, 0) is 73.2 Å². The molecule has 0 unspecified atom stereocenters. The van der Waals surface area contributed by atoms with E-state index in [1.54, 1.807) is 41.3 Å². The van der Waals surface area contributed by atoms with Crippen molar-refractivity contribution in [3.63, 3.8) is 0 Å². The van der Waals surface area contributed by atoms with Crippen LogP contribution < -0.4 is 9.46 Å². The van der Waals surface area contributed by atoms with Crippen LogP contribution in [0.4, 0.5) is 5.69 Å². The van der Waals surface area contributed by atoms with Crippen LogP contribution in [0.1, 0.15) is 43.0 Å². The summed E-state index contributed by atoms with van der Waals surface area (Å²) in [5, 5.41) is 20.0. The molecular weight excluding hydrogens is 540 g/mol. The molecule has 0 aliphatic rings.